The lowest BCUT2D eigenvalue weighted by Gasteiger charge is -2.30. The van der Waals surface area contributed by atoms with Crippen LogP contribution in [0, 0.1) is 0 Å². The first-order chi connectivity index (χ1) is 13.6. The van der Waals surface area contributed by atoms with E-state index < -0.39 is 0 Å². The summed E-state index contributed by atoms with van der Waals surface area (Å²) in [5.74, 6) is 1.83. The molecule has 0 atom stereocenters. The minimum absolute atomic E-state index is 0.575. The molecule has 0 unspecified atom stereocenters. The molecule has 1 aliphatic rings. The first-order valence-corrected chi connectivity index (χ1v) is 9.68. The van der Waals surface area contributed by atoms with E-state index in [4.69, 9.17) is 25.8 Å². The van der Waals surface area contributed by atoms with Gasteiger partial charge in [-0.1, -0.05) is 23.7 Å². The van der Waals surface area contributed by atoms with Crippen molar-refractivity contribution in [3.05, 3.63) is 52.5 Å². The lowest BCUT2D eigenvalue weighted by Crippen LogP contribution is -3.13. The Balaban J connectivity index is 1.60. The molecule has 0 saturated carbocycles. The number of nitrogens with one attached hydrogen (secondary N) is 1. The summed E-state index contributed by atoms with van der Waals surface area (Å²) in [6.07, 6.45) is 1.82. The molecule has 1 heterocycles. The van der Waals surface area contributed by atoms with Gasteiger partial charge in [-0.05, 0) is 24.3 Å². The number of benzene rings is 2. The van der Waals surface area contributed by atoms with Gasteiger partial charge >= 0.3 is 0 Å². The fourth-order valence-electron chi connectivity index (χ4n) is 3.36. The van der Waals surface area contributed by atoms with E-state index in [2.05, 4.69) is 22.2 Å². The Hall–Kier alpha value is -2.44. The highest BCUT2D eigenvalue weighted by atomic mass is 35.5. The monoisotopic (exact) mass is 404 g/mol. The van der Waals surface area contributed by atoms with Gasteiger partial charge in [-0.25, -0.2) is 0 Å². The second-order valence-corrected chi connectivity index (χ2v) is 7.11. The van der Waals surface area contributed by atoms with Crippen LogP contribution in [0.3, 0.4) is 0 Å². The Morgan fingerprint density at radius 2 is 1.64 bits per heavy atom. The molecule has 0 radical (unpaired) electrons. The van der Waals surface area contributed by atoms with Gasteiger partial charge < -0.3 is 19.1 Å². The smallest absolute Gasteiger partial charge is 0.203 e. The molecular formula is C21H27ClN3O3+. The molecule has 28 heavy (non-hydrogen) atoms. The Morgan fingerprint density at radius 3 is 2.25 bits per heavy atom. The second-order valence-electron chi connectivity index (χ2n) is 6.68. The van der Waals surface area contributed by atoms with Crippen molar-refractivity contribution in [3.63, 3.8) is 0 Å². The predicted octanol–water partition coefficient (Wildman–Crippen LogP) is 2.10. The number of nitrogens with zero attached hydrogens (tertiary/aromatic N) is 2. The van der Waals surface area contributed by atoms with Crippen LogP contribution in [-0.2, 0) is 6.54 Å². The largest absolute Gasteiger partial charge is 0.493 e. The van der Waals surface area contributed by atoms with E-state index in [9.17, 15) is 0 Å². The van der Waals surface area contributed by atoms with Gasteiger partial charge in [0, 0.05) is 16.1 Å². The summed E-state index contributed by atoms with van der Waals surface area (Å²) in [6.45, 7) is 4.92. The van der Waals surface area contributed by atoms with Gasteiger partial charge in [0.05, 0.1) is 53.7 Å². The average molecular weight is 405 g/mol. The van der Waals surface area contributed by atoms with Crippen molar-refractivity contribution in [2.24, 2.45) is 5.10 Å². The fourth-order valence-corrected chi connectivity index (χ4v) is 3.49. The van der Waals surface area contributed by atoms with Crippen molar-refractivity contribution < 1.29 is 19.1 Å². The lowest BCUT2D eigenvalue weighted by atomic mass is 10.2. The van der Waals surface area contributed by atoms with Gasteiger partial charge in [-0.2, -0.15) is 5.10 Å². The van der Waals surface area contributed by atoms with Crippen molar-refractivity contribution in [3.8, 4) is 17.2 Å². The average Bonchev–Trinajstić information content (AvgIpc) is 2.74. The first-order valence-electron chi connectivity index (χ1n) is 9.30. The van der Waals surface area contributed by atoms with Gasteiger partial charge in [-0.15, -0.1) is 0 Å². The maximum absolute atomic E-state index is 5.96. The molecule has 0 spiro atoms. The number of halogens is 1. The number of rotatable bonds is 7. The minimum atomic E-state index is 0.575. The van der Waals surface area contributed by atoms with Gasteiger partial charge in [0.15, 0.2) is 11.5 Å². The molecule has 1 fully saturated rings. The third-order valence-corrected chi connectivity index (χ3v) is 5.16. The van der Waals surface area contributed by atoms with E-state index in [0.29, 0.717) is 17.2 Å². The molecule has 3 rings (SSSR count). The summed E-state index contributed by atoms with van der Waals surface area (Å²) in [7, 11) is 4.83. The van der Waals surface area contributed by atoms with Crippen LogP contribution in [0.1, 0.15) is 11.1 Å². The number of piperazine rings is 1. The van der Waals surface area contributed by atoms with E-state index in [1.165, 1.54) is 5.56 Å². The number of quaternary nitrogens is 1. The summed E-state index contributed by atoms with van der Waals surface area (Å²) >= 11 is 5.96. The highest BCUT2D eigenvalue weighted by Crippen LogP contribution is 2.39. The standard InChI is InChI=1S/C21H26ClN3O3/c1-26-19-9-6-17(20(27-2)21(19)28-3)14-23-25-12-10-24(11-13-25)15-16-4-7-18(22)8-5-16/h4-9,14H,10-13,15H2,1-3H3/p+1/b23-14-. The van der Waals surface area contributed by atoms with Gasteiger partial charge in [-0.3, -0.25) is 5.01 Å². The quantitative estimate of drug-likeness (QED) is 0.718. The van der Waals surface area contributed by atoms with E-state index in [1.54, 1.807) is 26.2 Å². The molecular weight excluding hydrogens is 378 g/mol. The van der Waals surface area contributed by atoms with Crippen LogP contribution in [0.2, 0.25) is 5.02 Å². The Labute approximate surface area is 171 Å². The molecule has 1 aliphatic heterocycles. The molecule has 0 amide bonds. The number of hydrogen-bond donors (Lipinski definition) is 1. The molecule has 6 nitrogen and oxygen atoms in total. The number of ether oxygens (including phenoxy) is 3. The Bertz CT molecular complexity index is 803. The minimum Gasteiger partial charge on any atom is -0.493 e. The molecule has 0 aromatic heterocycles. The van der Waals surface area contributed by atoms with Crippen LogP contribution in [0.25, 0.3) is 0 Å². The van der Waals surface area contributed by atoms with Crippen molar-refractivity contribution in [1.82, 2.24) is 5.01 Å². The normalized spacial score (nSPS) is 15.1. The molecule has 2 aromatic carbocycles. The third-order valence-electron chi connectivity index (χ3n) is 4.91. The number of hydrazone groups is 1. The highest BCUT2D eigenvalue weighted by molar-refractivity contribution is 6.30. The van der Waals surface area contributed by atoms with Crippen molar-refractivity contribution in [2.75, 3.05) is 47.5 Å². The van der Waals surface area contributed by atoms with E-state index in [0.717, 1.165) is 43.3 Å². The molecule has 2 aromatic rings. The third kappa shape index (κ3) is 4.88. The zero-order valence-electron chi connectivity index (χ0n) is 16.6. The lowest BCUT2D eigenvalue weighted by molar-refractivity contribution is -0.918. The second kappa shape index (κ2) is 9.66. The van der Waals surface area contributed by atoms with Crippen LogP contribution in [-0.4, -0.2) is 58.7 Å². The van der Waals surface area contributed by atoms with Crippen molar-refractivity contribution in [1.29, 1.82) is 0 Å². The van der Waals surface area contributed by atoms with E-state index in [1.807, 2.05) is 30.5 Å². The zero-order valence-corrected chi connectivity index (χ0v) is 17.3. The number of methoxy groups -OCH3 is 3. The molecule has 0 bridgehead atoms. The van der Waals surface area contributed by atoms with Crippen molar-refractivity contribution in [2.45, 2.75) is 6.54 Å². The van der Waals surface area contributed by atoms with Crippen LogP contribution in [0.5, 0.6) is 17.2 Å². The topological polar surface area (TPSA) is 47.7 Å². The van der Waals surface area contributed by atoms with Gasteiger partial charge in [0.1, 0.15) is 6.54 Å². The van der Waals surface area contributed by atoms with Crippen LogP contribution in [0.15, 0.2) is 41.5 Å². The van der Waals surface area contributed by atoms with Gasteiger partial charge in [0.25, 0.3) is 0 Å². The van der Waals surface area contributed by atoms with Gasteiger partial charge in [0.2, 0.25) is 5.75 Å². The molecule has 1 N–H and O–H groups in total. The number of hydrogen-bond acceptors (Lipinski definition) is 5. The van der Waals surface area contributed by atoms with Crippen molar-refractivity contribution >= 4 is 17.8 Å². The Morgan fingerprint density at radius 1 is 0.964 bits per heavy atom. The predicted molar refractivity (Wildman–Crippen MR) is 111 cm³/mol. The molecule has 1 saturated heterocycles. The molecule has 7 heteroatoms. The van der Waals surface area contributed by atoms with Crippen LogP contribution >= 0.6 is 11.6 Å². The van der Waals surface area contributed by atoms with E-state index >= 15 is 0 Å². The first kappa shape index (κ1) is 20.3. The summed E-state index contributed by atoms with van der Waals surface area (Å²) in [5, 5.41) is 7.53. The summed E-state index contributed by atoms with van der Waals surface area (Å²) in [4.78, 5) is 1.55. The Kier molecular flexibility index (Phi) is 7.01. The van der Waals surface area contributed by atoms with Crippen LogP contribution in [0.4, 0.5) is 0 Å². The van der Waals surface area contributed by atoms with E-state index in [-0.39, 0.29) is 0 Å². The summed E-state index contributed by atoms with van der Waals surface area (Å²) < 4.78 is 16.3. The fraction of sp³-hybridized carbons (Fsp3) is 0.381. The maximum atomic E-state index is 5.96. The summed E-state index contributed by atoms with van der Waals surface area (Å²) in [6, 6.07) is 11.9. The summed E-state index contributed by atoms with van der Waals surface area (Å²) in [5.41, 5.74) is 2.17. The zero-order chi connectivity index (χ0) is 19.9. The highest BCUT2D eigenvalue weighted by Gasteiger charge is 2.19. The van der Waals surface area contributed by atoms with Crippen LogP contribution < -0.4 is 19.1 Å². The SMILES string of the molecule is COc1ccc(/C=N\N2CC[NH+](Cc3ccc(Cl)cc3)CC2)c(OC)c1OC. The molecule has 0 aliphatic carbocycles. The molecule has 150 valence electrons. The maximum Gasteiger partial charge on any atom is 0.203 e.